The highest BCUT2D eigenvalue weighted by Gasteiger charge is 2.07. The smallest absolute Gasteiger partial charge is 0.255 e. The van der Waals surface area contributed by atoms with Crippen molar-refractivity contribution < 1.29 is 9.18 Å². The molecule has 1 aromatic heterocycles. The lowest BCUT2D eigenvalue weighted by Gasteiger charge is -2.08. The predicted octanol–water partition coefficient (Wildman–Crippen LogP) is 3.63. The fourth-order valence-corrected chi connectivity index (χ4v) is 2.30. The number of rotatable bonds is 4. The third kappa shape index (κ3) is 3.63. The van der Waals surface area contributed by atoms with Crippen molar-refractivity contribution in [2.45, 2.75) is 13.5 Å². The number of hydrogen-bond donors (Lipinski definition) is 1. The average Bonchev–Trinajstić information content (AvgIpc) is 2.93. The van der Waals surface area contributed by atoms with Gasteiger partial charge in [0.15, 0.2) is 0 Å². The summed E-state index contributed by atoms with van der Waals surface area (Å²) in [5.41, 5.74) is 2.04. The van der Waals surface area contributed by atoms with Gasteiger partial charge in [0.25, 0.3) is 5.91 Å². The van der Waals surface area contributed by atoms with Gasteiger partial charge >= 0.3 is 0 Å². The molecule has 3 rings (SSSR count). The lowest BCUT2D eigenvalue weighted by molar-refractivity contribution is 0.102. The Hall–Kier alpha value is -2.95. The molecule has 0 atom stereocenters. The van der Waals surface area contributed by atoms with Crippen LogP contribution in [0.2, 0.25) is 0 Å². The molecule has 3 aromatic rings. The Balaban J connectivity index is 1.69. The van der Waals surface area contributed by atoms with Gasteiger partial charge in [-0.3, -0.25) is 4.79 Å². The normalized spacial score (nSPS) is 10.5. The van der Waals surface area contributed by atoms with E-state index < -0.39 is 0 Å². The monoisotopic (exact) mass is 309 g/mol. The molecule has 2 aromatic carbocycles. The molecule has 0 bridgehead atoms. The first-order chi connectivity index (χ1) is 11.1. The van der Waals surface area contributed by atoms with E-state index in [0.29, 0.717) is 17.8 Å². The van der Waals surface area contributed by atoms with Gasteiger partial charge in [-0.2, -0.15) is 0 Å². The molecule has 0 aliphatic heterocycles. The van der Waals surface area contributed by atoms with E-state index in [9.17, 15) is 9.18 Å². The molecule has 0 radical (unpaired) electrons. The minimum Gasteiger partial charge on any atom is -0.331 e. The number of aromatic nitrogens is 2. The lowest BCUT2D eigenvalue weighted by Crippen LogP contribution is -2.12. The zero-order chi connectivity index (χ0) is 16.2. The molecule has 1 heterocycles. The van der Waals surface area contributed by atoms with Crippen LogP contribution in [0.1, 0.15) is 21.7 Å². The van der Waals surface area contributed by atoms with Crippen LogP contribution in [0.15, 0.2) is 60.9 Å². The molecular formula is C18H16FN3O. The van der Waals surface area contributed by atoms with Gasteiger partial charge in [-0.25, -0.2) is 9.37 Å². The summed E-state index contributed by atoms with van der Waals surface area (Å²) in [4.78, 5) is 16.3. The Kier molecular flexibility index (Phi) is 4.19. The number of imidazole rings is 1. The summed E-state index contributed by atoms with van der Waals surface area (Å²) >= 11 is 0. The van der Waals surface area contributed by atoms with E-state index in [1.165, 1.54) is 12.1 Å². The van der Waals surface area contributed by atoms with Gasteiger partial charge in [-0.15, -0.1) is 0 Å². The van der Waals surface area contributed by atoms with Crippen LogP contribution >= 0.6 is 0 Å². The summed E-state index contributed by atoms with van der Waals surface area (Å²) in [6.07, 6.45) is 3.68. The van der Waals surface area contributed by atoms with E-state index in [0.717, 1.165) is 11.4 Å². The summed E-state index contributed by atoms with van der Waals surface area (Å²) in [7, 11) is 0. The topological polar surface area (TPSA) is 46.9 Å². The summed E-state index contributed by atoms with van der Waals surface area (Å²) < 4.78 is 15.2. The fourth-order valence-electron chi connectivity index (χ4n) is 2.30. The minimum absolute atomic E-state index is 0.263. The Morgan fingerprint density at radius 1 is 1.22 bits per heavy atom. The average molecular weight is 309 g/mol. The predicted molar refractivity (Wildman–Crippen MR) is 86.9 cm³/mol. The number of amides is 1. The number of carbonyl (C=O) groups is 1. The number of carbonyl (C=O) groups excluding carboxylic acids is 1. The number of anilines is 1. The first-order valence-corrected chi connectivity index (χ1v) is 7.25. The first kappa shape index (κ1) is 15.0. The van der Waals surface area contributed by atoms with Crippen LogP contribution in [-0.4, -0.2) is 15.5 Å². The van der Waals surface area contributed by atoms with Crippen LogP contribution in [0, 0.1) is 12.7 Å². The maximum atomic E-state index is 13.1. The molecule has 0 aliphatic carbocycles. The van der Waals surface area contributed by atoms with E-state index in [1.54, 1.807) is 30.5 Å². The van der Waals surface area contributed by atoms with Crippen LogP contribution in [0.5, 0.6) is 0 Å². The lowest BCUT2D eigenvalue weighted by atomic mass is 10.1. The third-order valence-corrected chi connectivity index (χ3v) is 3.58. The second kappa shape index (κ2) is 6.44. The maximum Gasteiger partial charge on any atom is 0.255 e. The van der Waals surface area contributed by atoms with E-state index in [4.69, 9.17) is 0 Å². The molecule has 0 saturated heterocycles. The van der Waals surface area contributed by atoms with Crippen LogP contribution in [-0.2, 0) is 6.54 Å². The first-order valence-electron chi connectivity index (χ1n) is 7.25. The summed E-state index contributed by atoms with van der Waals surface area (Å²) in [6, 6.07) is 13.2. The highest BCUT2D eigenvalue weighted by molar-refractivity contribution is 6.04. The Morgan fingerprint density at radius 2 is 2.00 bits per heavy atom. The second-order valence-corrected chi connectivity index (χ2v) is 5.26. The van der Waals surface area contributed by atoms with Crippen molar-refractivity contribution in [2.24, 2.45) is 0 Å². The number of hydrogen-bond acceptors (Lipinski definition) is 2. The molecule has 0 fully saturated rings. The van der Waals surface area contributed by atoms with Gasteiger partial charge in [-0.05, 0) is 42.8 Å². The van der Waals surface area contributed by atoms with Gasteiger partial charge in [-0.1, -0.05) is 18.2 Å². The van der Waals surface area contributed by atoms with Crippen LogP contribution in [0.3, 0.4) is 0 Å². The maximum absolute atomic E-state index is 13.1. The van der Waals surface area contributed by atoms with Gasteiger partial charge in [0.1, 0.15) is 11.6 Å². The molecule has 116 valence electrons. The molecule has 5 heteroatoms. The van der Waals surface area contributed by atoms with Gasteiger partial charge in [0.2, 0.25) is 0 Å². The van der Waals surface area contributed by atoms with Crippen LogP contribution < -0.4 is 5.32 Å². The number of nitrogens with one attached hydrogen (secondary N) is 1. The van der Waals surface area contributed by atoms with E-state index >= 15 is 0 Å². The Labute approximate surface area is 133 Å². The van der Waals surface area contributed by atoms with Gasteiger partial charge in [0, 0.05) is 30.2 Å². The third-order valence-electron chi connectivity index (χ3n) is 3.58. The van der Waals surface area contributed by atoms with Crippen molar-refractivity contribution in [1.82, 2.24) is 9.55 Å². The molecule has 23 heavy (non-hydrogen) atoms. The second-order valence-electron chi connectivity index (χ2n) is 5.26. The number of aryl methyl sites for hydroxylation is 1. The number of halogens is 1. The Bertz CT molecular complexity index is 824. The van der Waals surface area contributed by atoms with Gasteiger partial charge in [0.05, 0.1) is 0 Å². The van der Waals surface area contributed by atoms with E-state index in [-0.39, 0.29) is 11.7 Å². The number of benzene rings is 2. The molecule has 4 nitrogen and oxygen atoms in total. The largest absolute Gasteiger partial charge is 0.331 e. The molecule has 0 spiro atoms. The van der Waals surface area contributed by atoms with Crippen molar-refractivity contribution in [3.05, 3.63) is 83.7 Å². The van der Waals surface area contributed by atoms with Crippen LogP contribution in [0.4, 0.5) is 10.1 Å². The van der Waals surface area contributed by atoms with Crippen molar-refractivity contribution >= 4 is 11.6 Å². The van der Waals surface area contributed by atoms with Crippen molar-refractivity contribution in [1.29, 1.82) is 0 Å². The highest BCUT2D eigenvalue weighted by atomic mass is 19.1. The highest BCUT2D eigenvalue weighted by Crippen LogP contribution is 2.13. The summed E-state index contributed by atoms with van der Waals surface area (Å²) in [5, 5.41) is 2.68. The zero-order valence-corrected chi connectivity index (χ0v) is 12.7. The molecule has 0 saturated carbocycles. The molecule has 0 aliphatic rings. The number of nitrogens with zero attached hydrogens (tertiary/aromatic N) is 2. The minimum atomic E-state index is -0.381. The van der Waals surface area contributed by atoms with Crippen LogP contribution in [0.25, 0.3) is 0 Å². The SMILES string of the molecule is Cc1nccn1Cc1ccc(C(=O)Nc2cccc(F)c2)cc1. The van der Waals surface area contributed by atoms with Gasteiger partial charge < -0.3 is 9.88 Å². The molecular weight excluding hydrogens is 293 g/mol. The zero-order valence-electron chi connectivity index (χ0n) is 12.7. The van der Waals surface area contributed by atoms with Crippen molar-refractivity contribution in [3.63, 3.8) is 0 Å². The van der Waals surface area contributed by atoms with E-state index in [2.05, 4.69) is 10.3 Å². The van der Waals surface area contributed by atoms with E-state index in [1.807, 2.05) is 29.8 Å². The fraction of sp³-hybridized carbons (Fsp3) is 0.111. The quantitative estimate of drug-likeness (QED) is 0.800. The Morgan fingerprint density at radius 3 is 2.65 bits per heavy atom. The van der Waals surface area contributed by atoms with Crippen molar-refractivity contribution in [2.75, 3.05) is 5.32 Å². The summed E-state index contributed by atoms with van der Waals surface area (Å²) in [6.45, 7) is 2.65. The van der Waals surface area contributed by atoms with Crippen molar-refractivity contribution in [3.8, 4) is 0 Å². The molecule has 1 amide bonds. The summed E-state index contributed by atoms with van der Waals surface area (Å²) in [5.74, 6) is 0.299. The standard InChI is InChI=1S/C18H16FN3O/c1-13-20-9-10-22(13)12-14-5-7-15(8-6-14)18(23)21-17-4-2-3-16(19)11-17/h2-11H,12H2,1H3,(H,21,23). The molecule has 1 N–H and O–H groups in total. The molecule has 0 unspecified atom stereocenters.